The highest BCUT2D eigenvalue weighted by molar-refractivity contribution is 5.94. The molecular formula is C17H18N2O. The van der Waals surface area contributed by atoms with Crippen molar-refractivity contribution >= 4 is 11.6 Å². The van der Waals surface area contributed by atoms with Crippen LogP contribution in [0.25, 0.3) is 0 Å². The molecule has 0 saturated carbocycles. The molecule has 0 atom stereocenters. The Morgan fingerprint density at radius 1 is 1.20 bits per heavy atom. The van der Waals surface area contributed by atoms with E-state index < -0.39 is 0 Å². The molecule has 3 heteroatoms. The normalized spacial score (nSPS) is 14.6. The zero-order chi connectivity index (χ0) is 13.9. The lowest BCUT2D eigenvalue weighted by Crippen LogP contribution is -2.23. The van der Waals surface area contributed by atoms with Crippen LogP contribution in [0.4, 0.5) is 5.82 Å². The predicted octanol–water partition coefficient (Wildman–Crippen LogP) is 3.24. The fraction of sp³-hybridized carbons (Fsp3) is 0.294. The molecule has 0 aliphatic carbocycles. The first kappa shape index (κ1) is 12.9. The fourth-order valence-electron chi connectivity index (χ4n) is 2.71. The monoisotopic (exact) mass is 266 g/mol. The van der Waals surface area contributed by atoms with Gasteiger partial charge in [0, 0.05) is 24.8 Å². The molecule has 1 aliphatic heterocycles. The van der Waals surface area contributed by atoms with Gasteiger partial charge in [-0.3, -0.25) is 4.79 Å². The molecule has 2 heterocycles. The number of carbonyl (C=O) groups excluding carboxylic acids is 1. The third-order valence-electron chi connectivity index (χ3n) is 3.83. The third-order valence-corrected chi connectivity index (χ3v) is 3.83. The Labute approximate surface area is 119 Å². The summed E-state index contributed by atoms with van der Waals surface area (Å²) in [6, 6.07) is 12.2. The van der Waals surface area contributed by atoms with Crippen molar-refractivity contribution in [1.82, 2.24) is 4.98 Å². The molecule has 0 amide bonds. The average Bonchev–Trinajstić information content (AvgIpc) is 2.69. The first-order valence-electron chi connectivity index (χ1n) is 7.03. The van der Waals surface area contributed by atoms with Gasteiger partial charge in [-0.05, 0) is 43.0 Å². The summed E-state index contributed by atoms with van der Waals surface area (Å²) in [5.41, 5.74) is 3.52. The molecule has 0 fully saturated rings. The van der Waals surface area contributed by atoms with Crippen LogP contribution in [0, 0.1) is 0 Å². The van der Waals surface area contributed by atoms with Crippen molar-refractivity contribution in [3.63, 3.8) is 0 Å². The number of nitrogens with zero attached hydrogens (tertiary/aromatic N) is 2. The molecule has 3 rings (SSSR count). The lowest BCUT2D eigenvalue weighted by Gasteiger charge is -2.22. The van der Waals surface area contributed by atoms with Crippen LogP contribution in [-0.2, 0) is 13.0 Å². The number of carbonyl (C=O) groups is 1. The molecular weight excluding hydrogens is 248 g/mol. The van der Waals surface area contributed by atoms with Gasteiger partial charge in [0.15, 0.2) is 5.78 Å². The number of rotatable bonds is 2. The lowest BCUT2D eigenvalue weighted by atomic mass is 10.0. The maximum absolute atomic E-state index is 11.5. The van der Waals surface area contributed by atoms with Crippen LogP contribution in [0.3, 0.4) is 0 Å². The number of fused-ring (bicyclic) bond motifs is 1. The van der Waals surface area contributed by atoms with Crippen LogP contribution < -0.4 is 4.90 Å². The SMILES string of the molecule is CC(=O)c1ccnc(N2CCCc3ccccc3C2)c1. The van der Waals surface area contributed by atoms with E-state index in [0.29, 0.717) is 0 Å². The maximum atomic E-state index is 11.5. The third kappa shape index (κ3) is 2.57. The van der Waals surface area contributed by atoms with Crippen molar-refractivity contribution in [2.45, 2.75) is 26.3 Å². The minimum Gasteiger partial charge on any atom is -0.352 e. The van der Waals surface area contributed by atoms with E-state index in [9.17, 15) is 4.79 Å². The molecule has 0 radical (unpaired) electrons. The molecule has 0 bridgehead atoms. The Kier molecular flexibility index (Phi) is 3.50. The Hall–Kier alpha value is -2.16. The Morgan fingerprint density at radius 3 is 2.80 bits per heavy atom. The second kappa shape index (κ2) is 5.45. The van der Waals surface area contributed by atoms with Crippen LogP contribution >= 0.6 is 0 Å². The summed E-state index contributed by atoms with van der Waals surface area (Å²) in [6.07, 6.45) is 3.95. The Bertz CT molecular complexity index is 636. The smallest absolute Gasteiger partial charge is 0.159 e. The predicted molar refractivity (Wildman–Crippen MR) is 80.1 cm³/mol. The van der Waals surface area contributed by atoms with Gasteiger partial charge in [-0.1, -0.05) is 24.3 Å². The van der Waals surface area contributed by atoms with E-state index in [-0.39, 0.29) is 5.78 Å². The molecule has 20 heavy (non-hydrogen) atoms. The fourth-order valence-corrected chi connectivity index (χ4v) is 2.71. The molecule has 1 aliphatic rings. The number of pyridine rings is 1. The van der Waals surface area contributed by atoms with Crippen molar-refractivity contribution in [2.24, 2.45) is 0 Å². The first-order valence-corrected chi connectivity index (χ1v) is 7.03. The number of anilines is 1. The summed E-state index contributed by atoms with van der Waals surface area (Å²) in [5.74, 6) is 0.985. The molecule has 0 unspecified atom stereocenters. The van der Waals surface area contributed by atoms with Crippen molar-refractivity contribution < 1.29 is 4.79 Å². The van der Waals surface area contributed by atoms with Crippen LogP contribution in [0.2, 0.25) is 0 Å². The molecule has 0 N–H and O–H groups in total. The summed E-state index contributed by atoms with van der Waals surface area (Å²) < 4.78 is 0. The lowest BCUT2D eigenvalue weighted by molar-refractivity contribution is 0.101. The largest absolute Gasteiger partial charge is 0.352 e. The average molecular weight is 266 g/mol. The zero-order valence-corrected chi connectivity index (χ0v) is 11.7. The molecule has 1 aromatic heterocycles. The number of hydrogen-bond acceptors (Lipinski definition) is 3. The van der Waals surface area contributed by atoms with Crippen LogP contribution in [0.5, 0.6) is 0 Å². The summed E-state index contributed by atoms with van der Waals surface area (Å²) in [6.45, 7) is 3.43. The van der Waals surface area contributed by atoms with Gasteiger partial charge in [-0.2, -0.15) is 0 Å². The number of hydrogen-bond donors (Lipinski definition) is 0. The van der Waals surface area contributed by atoms with E-state index in [1.165, 1.54) is 11.1 Å². The number of ketones is 1. The van der Waals surface area contributed by atoms with Gasteiger partial charge in [0.25, 0.3) is 0 Å². The second-order valence-corrected chi connectivity index (χ2v) is 5.25. The van der Waals surface area contributed by atoms with Gasteiger partial charge in [0.1, 0.15) is 5.82 Å². The van der Waals surface area contributed by atoms with Gasteiger partial charge >= 0.3 is 0 Å². The van der Waals surface area contributed by atoms with Crippen molar-refractivity contribution in [2.75, 3.05) is 11.4 Å². The molecule has 0 spiro atoms. The Balaban J connectivity index is 1.91. The quantitative estimate of drug-likeness (QED) is 0.782. The Morgan fingerprint density at radius 2 is 2.00 bits per heavy atom. The summed E-state index contributed by atoms with van der Waals surface area (Å²) in [4.78, 5) is 18.2. The molecule has 1 aromatic carbocycles. The number of aryl methyl sites for hydroxylation is 1. The standard InChI is InChI=1S/C17H18N2O/c1-13(20)15-8-9-18-17(11-15)19-10-4-7-14-5-2-3-6-16(14)12-19/h2-3,5-6,8-9,11H,4,7,10,12H2,1H3. The zero-order valence-electron chi connectivity index (χ0n) is 11.7. The van der Waals surface area contributed by atoms with Crippen molar-refractivity contribution in [1.29, 1.82) is 0 Å². The number of benzene rings is 1. The molecule has 0 saturated heterocycles. The van der Waals surface area contributed by atoms with Crippen molar-refractivity contribution in [3.05, 3.63) is 59.3 Å². The topological polar surface area (TPSA) is 33.2 Å². The minimum absolute atomic E-state index is 0.0869. The van der Waals surface area contributed by atoms with Crippen LogP contribution in [0.15, 0.2) is 42.6 Å². The van der Waals surface area contributed by atoms with Gasteiger partial charge in [-0.15, -0.1) is 0 Å². The summed E-state index contributed by atoms with van der Waals surface area (Å²) in [5, 5.41) is 0. The van der Waals surface area contributed by atoms with Crippen LogP contribution in [0.1, 0.15) is 34.8 Å². The number of Topliss-reactive ketones (excluding diaryl/α,β-unsaturated/α-hetero) is 1. The van der Waals surface area contributed by atoms with Gasteiger partial charge in [0.05, 0.1) is 0 Å². The highest BCUT2D eigenvalue weighted by Gasteiger charge is 2.15. The van der Waals surface area contributed by atoms with Crippen molar-refractivity contribution in [3.8, 4) is 0 Å². The minimum atomic E-state index is 0.0869. The number of aromatic nitrogens is 1. The van der Waals surface area contributed by atoms with E-state index in [2.05, 4.69) is 34.1 Å². The highest BCUT2D eigenvalue weighted by Crippen LogP contribution is 2.23. The van der Waals surface area contributed by atoms with Gasteiger partial charge < -0.3 is 4.90 Å². The van der Waals surface area contributed by atoms with E-state index in [1.807, 2.05) is 6.07 Å². The molecule has 2 aromatic rings. The molecule has 3 nitrogen and oxygen atoms in total. The summed E-state index contributed by atoms with van der Waals surface area (Å²) in [7, 11) is 0. The van der Waals surface area contributed by atoms with Gasteiger partial charge in [0.2, 0.25) is 0 Å². The first-order chi connectivity index (χ1) is 9.74. The van der Waals surface area contributed by atoms with E-state index in [1.54, 1.807) is 19.2 Å². The maximum Gasteiger partial charge on any atom is 0.159 e. The van der Waals surface area contributed by atoms with E-state index in [0.717, 1.165) is 37.3 Å². The summed E-state index contributed by atoms with van der Waals surface area (Å²) >= 11 is 0. The second-order valence-electron chi connectivity index (χ2n) is 5.25. The molecule has 102 valence electrons. The van der Waals surface area contributed by atoms with Gasteiger partial charge in [-0.25, -0.2) is 4.98 Å². The highest BCUT2D eigenvalue weighted by atomic mass is 16.1. The van der Waals surface area contributed by atoms with Crippen LogP contribution in [-0.4, -0.2) is 17.3 Å². The van der Waals surface area contributed by atoms with E-state index in [4.69, 9.17) is 0 Å². The van der Waals surface area contributed by atoms with E-state index >= 15 is 0 Å².